The fraction of sp³-hybridized carbons (Fsp3) is 0.0714. The van der Waals surface area contributed by atoms with Crippen LogP contribution in [0.1, 0.15) is 5.56 Å². The van der Waals surface area contributed by atoms with Crippen LogP contribution in [0.2, 0.25) is 5.02 Å². The summed E-state index contributed by atoms with van der Waals surface area (Å²) in [6.07, 6.45) is 0. The van der Waals surface area contributed by atoms with E-state index in [2.05, 4.69) is 10.6 Å². The maximum atomic E-state index is 11.8. The maximum absolute atomic E-state index is 11.8. The molecule has 0 saturated carbocycles. The zero-order valence-electron chi connectivity index (χ0n) is 10.4. The zero-order chi connectivity index (χ0) is 13.8. The molecule has 4 N–H and O–H groups in total. The van der Waals surface area contributed by atoms with Crippen molar-refractivity contribution in [2.45, 2.75) is 6.92 Å². The second-order valence-electron chi connectivity index (χ2n) is 4.18. The van der Waals surface area contributed by atoms with Crippen LogP contribution in [-0.2, 0) is 0 Å². The molecule has 0 aromatic heterocycles. The molecular formula is C14H14ClN3O. The van der Waals surface area contributed by atoms with Gasteiger partial charge in [0.05, 0.1) is 11.4 Å². The van der Waals surface area contributed by atoms with Gasteiger partial charge in [-0.25, -0.2) is 4.79 Å². The van der Waals surface area contributed by atoms with Gasteiger partial charge >= 0.3 is 6.03 Å². The lowest BCUT2D eigenvalue weighted by atomic mass is 10.2. The van der Waals surface area contributed by atoms with Crippen molar-refractivity contribution in [2.24, 2.45) is 0 Å². The van der Waals surface area contributed by atoms with Crippen molar-refractivity contribution in [3.63, 3.8) is 0 Å². The molecule has 19 heavy (non-hydrogen) atoms. The fourth-order valence-electron chi connectivity index (χ4n) is 1.57. The van der Waals surface area contributed by atoms with E-state index in [9.17, 15) is 4.79 Å². The number of anilines is 3. The Balaban J connectivity index is 2.03. The Morgan fingerprint density at radius 1 is 1.11 bits per heavy atom. The van der Waals surface area contributed by atoms with E-state index >= 15 is 0 Å². The van der Waals surface area contributed by atoms with Gasteiger partial charge in [-0.05, 0) is 37.3 Å². The van der Waals surface area contributed by atoms with Gasteiger partial charge in [0.2, 0.25) is 0 Å². The molecule has 0 bridgehead atoms. The van der Waals surface area contributed by atoms with Gasteiger partial charge in [0.1, 0.15) is 0 Å². The number of hydrogen-bond acceptors (Lipinski definition) is 2. The summed E-state index contributed by atoms with van der Waals surface area (Å²) < 4.78 is 0. The summed E-state index contributed by atoms with van der Waals surface area (Å²) in [4.78, 5) is 11.8. The van der Waals surface area contributed by atoms with Gasteiger partial charge in [-0.3, -0.25) is 0 Å². The normalized spacial score (nSPS) is 10.0. The maximum Gasteiger partial charge on any atom is 0.323 e. The summed E-state index contributed by atoms with van der Waals surface area (Å²) >= 11 is 5.79. The summed E-state index contributed by atoms with van der Waals surface area (Å²) in [5.41, 5.74) is 8.55. The van der Waals surface area contributed by atoms with Gasteiger partial charge < -0.3 is 16.4 Å². The minimum absolute atomic E-state index is 0.349. The lowest BCUT2D eigenvalue weighted by Gasteiger charge is -2.10. The molecule has 0 atom stereocenters. The van der Waals surface area contributed by atoms with Crippen molar-refractivity contribution in [3.05, 3.63) is 53.1 Å². The summed E-state index contributed by atoms with van der Waals surface area (Å²) in [6, 6.07) is 12.1. The van der Waals surface area contributed by atoms with E-state index in [1.165, 1.54) is 0 Å². The number of nitrogens with one attached hydrogen (secondary N) is 2. The monoisotopic (exact) mass is 275 g/mol. The lowest BCUT2D eigenvalue weighted by molar-refractivity contribution is 0.262. The first-order chi connectivity index (χ1) is 9.04. The van der Waals surface area contributed by atoms with Crippen molar-refractivity contribution < 1.29 is 4.79 Å². The first kappa shape index (κ1) is 13.2. The third kappa shape index (κ3) is 3.63. The number of carbonyl (C=O) groups is 1. The topological polar surface area (TPSA) is 67.2 Å². The van der Waals surface area contributed by atoms with Gasteiger partial charge in [0.25, 0.3) is 0 Å². The Hall–Kier alpha value is -2.20. The molecule has 2 amide bonds. The second-order valence-corrected chi connectivity index (χ2v) is 4.61. The minimum atomic E-state index is -0.349. The SMILES string of the molecule is Cc1ccc(NC(=O)Nc2ccc(Cl)cc2N)cc1. The van der Waals surface area contributed by atoms with Crippen molar-refractivity contribution in [2.75, 3.05) is 16.4 Å². The van der Waals surface area contributed by atoms with E-state index in [1.54, 1.807) is 18.2 Å². The number of benzene rings is 2. The van der Waals surface area contributed by atoms with Crippen LogP contribution in [-0.4, -0.2) is 6.03 Å². The number of amides is 2. The van der Waals surface area contributed by atoms with E-state index < -0.39 is 0 Å². The molecular weight excluding hydrogens is 262 g/mol. The quantitative estimate of drug-likeness (QED) is 0.728. The average Bonchev–Trinajstić information content (AvgIpc) is 2.36. The molecule has 98 valence electrons. The largest absolute Gasteiger partial charge is 0.397 e. The van der Waals surface area contributed by atoms with Crippen LogP contribution in [0.5, 0.6) is 0 Å². The van der Waals surface area contributed by atoms with Crippen molar-refractivity contribution in [1.82, 2.24) is 0 Å². The number of nitrogens with two attached hydrogens (primary N) is 1. The fourth-order valence-corrected chi connectivity index (χ4v) is 1.75. The second kappa shape index (κ2) is 5.63. The molecule has 0 saturated heterocycles. The van der Waals surface area contributed by atoms with Gasteiger partial charge in [0.15, 0.2) is 0 Å². The Labute approximate surface area is 116 Å². The molecule has 0 heterocycles. The van der Waals surface area contributed by atoms with Gasteiger partial charge in [-0.2, -0.15) is 0 Å². The van der Waals surface area contributed by atoms with E-state index in [0.717, 1.165) is 11.3 Å². The molecule has 2 rings (SSSR count). The van der Waals surface area contributed by atoms with E-state index in [4.69, 9.17) is 17.3 Å². The molecule has 0 spiro atoms. The summed E-state index contributed by atoms with van der Waals surface area (Å²) in [5.74, 6) is 0. The molecule has 0 aliphatic heterocycles. The minimum Gasteiger partial charge on any atom is -0.397 e. The predicted molar refractivity (Wildman–Crippen MR) is 79.7 cm³/mol. The molecule has 0 aliphatic carbocycles. The molecule has 0 radical (unpaired) electrons. The van der Waals surface area contributed by atoms with Crippen LogP contribution in [0.15, 0.2) is 42.5 Å². The summed E-state index contributed by atoms with van der Waals surface area (Å²) in [7, 11) is 0. The van der Waals surface area contributed by atoms with Gasteiger partial charge in [-0.15, -0.1) is 0 Å². The average molecular weight is 276 g/mol. The molecule has 4 nitrogen and oxygen atoms in total. The van der Waals surface area contributed by atoms with Crippen LogP contribution >= 0.6 is 11.6 Å². The molecule has 0 fully saturated rings. The molecule has 0 aliphatic rings. The predicted octanol–water partition coefficient (Wildman–Crippen LogP) is 3.87. The Morgan fingerprint density at radius 3 is 2.42 bits per heavy atom. The number of aryl methyl sites for hydroxylation is 1. The third-order valence-electron chi connectivity index (χ3n) is 2.57. The van der Waals surface area contributed by atoms with Crippen molar-refractivity contribution >= 4 is 34.7 Å². The highest BCUT2D eigenvalue weighted by Crippen LogP contribution is 2.22. The third-order valence-corrected chi connectivity index (χ3v) is 2.81. The zero-order valence-corrected chi connectivity index (χ0v) is 11.2. The smallest absolute Gasteiger partial charge is 0.323 e. The van der Waals surface area contributed by atoms with Crippen LogP contribution in [0.25, 0.3) is 0 Å². The van der Waals surface area contributed by atoms with Crippen LogP contribution in [0.3, 0.4) is 0 Å². The molecule has 2 aromatic carbocycles. The first-order valence-electron chi connectivity index (χ1n) is 5.74. The Kier molecular flexibility index (Phi) is 3.92. The van der Waals surface area contributed by atoms with Crippen LogP contribution < -0.4 is 16.4 Å². The first-order valence-corrected chi connectivity index (χ1v) is 6.12. The number of carbonyl (C=O) groups excluding carboxylic acids is 1. The van der Waals surface area contributed by atoms with Crippen LogP contribution in [0.4, 0.5) is 21.9 Å². The molecule has 2 aromatic rings. The highest BCUT2D eigenvalue weighted by atomic mass is 35.5. The highest BCUT2D eigenvalue weighted by Gasteiger charge is 2.05. The Morgan fingerprint density at radius 2 is 1.79 bits per heavy atom. The van der Waals surface area contributed by atoms with E-state index in [1.807, 2.05) is 31.2 Å². The van der Waals surface area contributed by atoms with Gasteiger partial charge in [0, 0.05) is 10.7 Å². The highest BCUT2D eigenvalue weighted by molar-refractivity contribution is 6.31. The summed E-state index contributed by atoms with van der Waals surface area (Å²) in [6.45, 7) is 1.98. The molecule has 0 unspecified atom stereocenters. The van der Waals surface area contributed by atoms with Crippen molar-refractivity contribution in [3.8, 4) is 0 Å². The number of nitrogen functional groups attached to an aromatic ring is 1. The van der Waals surface area contributed by atoms with Crippen LogP contribution in [0, 0.1) is 6.92 Å². The number of halogens is 1. The number of rotatable bonds is 2. The summed E-state index contributed by atoms with van der Waals surface area (Å²) in [5, 5.41) is 5.92. The number of hydrogen-bond donors (Lipinski definition) is 3. The molecule has 5 heteroatoms. The van der Waals surface area contributed by atoms with Crippen molar-refractivity contribution in [1.29, 1.82) is 0 Å². The number of urea groups is 1. The standard InChI is InChI=1S/C14H14ClN3O/c1-9-2-5-11(6-3-9)17-14(19)18-13-7-4-10(15)8-12(13)16/h2-8H,16H2,1H3,(H2,17,18,19). The van der Waals surface area contributed by atoms with Gasteiger partial charge in [-0.1, -0.05) is 29.3 Å². The Bertz CT molecular complexity index is 596. The van der Waals surface area contributed by atoms with E-state index in [-0.39, 0.29) is 6.03 Å². The van der Waals surface area contributed by atoms with E-state index in [0.29, 0.717) is 16.4 Å². The lowest BCUT2D eigenvalue weighted by Crippen LogP contribution is -2.20.